The number of para-hydroxylation sites is 1. The molecular weight excluding hydrogens is 398 g/mol. The van der Waals surface area contributed by atoms with E-state index >= 15 is 0 Å². The van der Waals surface area contributed by atoms with Crippen LogP contribution in [0.4, 0.5) is 0 Å². The highest BCUT2D eigenvalue weighted by Crippen LogP contribution is 2.26. The predicted molar refractivity (Wildman–Crippen MR) is 118 cm³/mol. The van der Waals surface area contributed by atoms with Gasteiger partial charge in [-0.1, -0.05) is 18.2 Å². The number of hydrogen-bond donors (Lipinski definition) is 0. The maximum Gasteiger partial charge on any atom is 0.260 e. The van der Waals surface area contributed by atoms with Crippen LogP contribution in [-0.2, 0) is 11.3 Å². The molecule has 7 heteroatoms. The van der Waals surface area contributed by atoms with Crippen LogP contribution in [0.2, 0.25) is 0 Å². The Morgan fingerprint density at radius 3 is 2.43 bits per heavy atom. The molecule has 0 aliphatic carbocycles. The lowest BCUT2D eigenvalue weighted by Gasteiger charge is -2.34. The molecule has 0 spiro atoms. The van der Waals surface area contributed by atoms with Crippen LogP contribution in [0.1, 0.15) is 5.69 Å². The van der Waals surface area contributed by atoms with Crippen molar-refractivity contribution in [1.82, 2.24) is 14.8 Å². The molecule has 4 rings (SSSR count). The zero-order valence-electron chi connectivity index (χ0n) is 17.0. The summed E-state index contributed by atoms with van der Waals surface area (Å²) in [5.74, 6) is 1.60. The summed E-state index contributed by atoms with van der Waals surface area (Å²) in [6.07, 6.45) is 0. The number of hydrogen-bond acceptors (Lipinski definition) is 6. The lowest BCUT2D eigenvalue weighted by Crippen LogP contribution is -2.49. The first-order valence-corrected chi connectivity index (χ1v) is 10.9. The van der Waals surface area contributed by atoms with Crippen LogP contribution < -0.4 is 9.47 Å². The fourth-order valence-electron chi connectivity index (χ4n) is 3.38. The van der Waals surface area contributed by atoms with E-state index in [1.165, 1.54) is 0 Å². The molecule has 30 heavy (non-hydrogen) atoms. The average Bonchev–Trinajstić information content (AvgIpc) is 3.27. The summed E-state index contributed by atoms with van der Waals surface area (Å²) in [4.78, 5) is 21.4. The summed E-state index contributed by atoms with van der Waals surface area (Å²) in [6, 6.07) is 17.4. The predicted octanol–water partition coefficient (Wildman–Crippen LogP) is 3.54. The van der Waals surface area contributed by atoms with Crippen LogP contribution in [0.3, 0.4) is 0 Å². The first kappa shape index (κ1) is 20.4. The van der Waals surface area contributed by atoms with Crippen LogP contribution in [0.15, 0.2) is 60.0 Å². The minimum absolute atomic E-state index is 0.0361. The maximum absolute atomic E-state index is 12.4. The van der Waals surface area contributed by atoms with Crippen LogP contribution in [0.5, 0.6) is 11.5 Å². The molecule has 1 amide bonds. The SMILES string of the molecule is COc1ccc(-c2nc(CN3CCN(C(=O)COc4ccccc4)CC3)cs2)cc1. The number of rotatable bonds is 7. The minimum atomic E-state index is 0.0361. The van der Waals surface area contributed by atoms with Gasteiger partial charge in [-0.25, -0.2) is 4.98 Å². The molecule has 2 heterocycles. The van der Waals surface area contributed by atoms with Gasteiger partial charge in [0, 0.05) is 43.7 Å². The van der Waals surface area contributed by atoms with Crippen LogP contribution in [0, 0.1) is 0 Å². The van der Waals surface area contributed by atoms with Gasteiger partial charge in [0.2, 0.25) is 0 Å². The van der Waals surface area contributed by atoms with Crippen LogP contribution in [-0.4, -0.2) is 60.6 Å². The number of thiazole rings is 1. The van der Waals surface area contributed by atoms with E-state index in [-0.39, 0.29) is 12.5 Å². The average molecular weight is 424 g/mol. The van der Waals surface area contributed by atoms with E-state index in [0.717, 1.165) is 47.4 Å². The molecule has 0 N–H and O–H groups in total. The number of nitrogens with zero attached hydrogens (tertiary/aromatic N) is 3. The Kier molecular flexibility index (Phi) is 6.61. The molecule has 0 bridgehead atoms. The van der Waals surface area contributed by atoms with Crippen molar-refractivity contribution in [1.29, 1.82) is 0 Å². The maximum atomic E-state index is 12.4. The molecule has 156 valence electrons. The Morgan fingerprint density at radius 1 is 1.00 bits per heavy atom. The van der Waals surface area contributed by atoms with Gasteiger partial charge in [0.05, 0.1) is 12.8 Å². The number of ether oxygens (including phenoxy) is 2. The van der Waals surface area contributed by atoms with Crippen molar-refractivity contribution >= 4 is 17.2 Å². The Bertz CT molecular complexity index is 951. The zero-order valence-corrected chi connectivity index (χ0v) is 17.8. The van der Waals surface area contributed by atoms with Crippen molar-refractivity contribution in [3.63, 3.8) is 0 Å². The standard InChI is InChI=1S/C23H25N3O3S/c1-28-20-9-7-18(8-10-20)23-24-19(17-30-23)15-25-11-13-26(14-12-25)22(27)16-29-21-5-3-2-4-6-21/h2-10,17H,11-16H2,1H3. The van der Waals surface area contributed by atoms with Crippen LogP contribution in [0.25, 0.3) is 10.6 Å². The molecule has 6 nitrogen and oxygen atoms in total. The van der Waals surface area contributed by atoms with Crippen molar-refractivity contribution in [2.45, 2.75) is 6.54 Å². The zero-order chi connectivity index (χ0) is 20.8. The number of amides is 1. The topological polar surface area (TPSA) is 54.9 Å². The molecule has 0 radical (unpaired) electrons. The second-order valence-corrected chi connectivity index (χ2v) is 7.99. The highest BCUT2D eigenvalue weighted by Gasteiger charge is 2.22. The lowest BCUT2D eigenvalue weighted by molar-refractivity contribution is -0.135. The number of carbonyl (C=O) groups excluding carboxylic acids is 1. The molecule has 0 unspecified atom stereocenters. The largest absolute Gasteiger partial charge is 0.497 e. The molecule has 0 atom stereocenters. The van der Waals surface area contributed by atoms with Gasteiger partial charge in [0.25, 0.3) is 5.91 Å². The van der Waals surface area contributed by atoms with Crippen molar-refractivity contribution in [2.75, 3.05) is 39.9 Å². The van der Waals surface area contributed by atoms with Gasteiger partial charge >= 0.3 is 0 Å². The number of piperazine rings is 1. The molecule has 1 fully saturated rings. The number of carbonyl (C=O) groups is 1. The van der Waals surface area contributed by atoms with Gasteiger partial charge in [0.15, 0.2) is 6.61 Å². The molecule has 0 saturated carbocycles. The second kappa shape index (κ2) is 9.73. The quantitative estimate of drug-likeness (QED) is 0.582. The number of aromatic nitrogens is 1. The summed E-state index contributed by atoms with van der Waals surface area (Å²) < 4.78 is 10.8. The van der Waals surface area contributed by atoms with E-state index < -0.39 is 0 Å². The summed E-state index contributed by atoms with van der Waals surface area (Å²) in [5.41, 5.74) is 2.17. The van der Waals surface area contributed by atoms with Gasteiger partial charge in [-0.15, -0.1) is 11.3 Å². The number of methoxy groups -OCH3 is 1. The molecule has 1 aliphatic heterocycles. The van der Waals surface area contributed by atoms with Crippen molar-refractivity contribution in [2.24, 2.45) is 0 Å². The third kappa shape index (κ3) is 5.17. The fraction of sp³-hybridized carbons (Fsp3) is 0.304. The summed E-state index contributed by atoms with van der Waals surface area (Å²) in [5, 5.41) is 3.13. The van der Waals surface area contributed by atoms with Crippen molar-refractivity contribution in [3.05, 3.63) is 65.7 Å². The van der Waals surface area contributed by atoms with E-state index in [2.05, 4.69) is 10.3 Å². The Labute approximate surface area is 180 Å². The van der Waals surface area contributed by atoms with Gasteiger partial charge in [-0.3, -0.25) is 9.69 Å². The monoisotopic (exact) mass is 423 g/mol. The summed E-state index contributed by atoms with van der Waals surface area (Å²) in [7, 11) is 1.67. The van der Waals surface area contributed by atoms with E-state index in [9.17, 15) is 4.79 Å². The van der Waals surface area contributed by atoms with Crippen molar-refractivity contribution in [3.8, 4) is 22.1 Å². The van der Waals surface area contributed by atoms with Gasteiger partial charge < -0.3 is 14.4 Å². The first-order chi connectivity index (χ1) is 14.7. The van der Waals surface area contributed by atoms with E-state index in [0.29, 0.717) is 13.1 Å². The highest BCUT2D eigenvalue weighted by atomic mass is 32.1. The molecule has 1 saturated heterocycles. The highest BCUT2D eigenvalue weighted by molar-refractivity contribution is 7.13. The van der Waals surface area contributed by atoms with Gasteiger partial charge in [-0.2, -0.15) is 0 Å². The normalized spacial score (nSPS) is 14.5. The smallest absolute Gasteiger partial charge is 0.260 e. The minimum Gasteiger partial charge on any atom is -0.497 e. The Hall–Kier alpha value is -2.90. The van der Waals surface area contributed by atoms with E-state index in [1.807, 2.05) is 59.5 Å². The first-order valence-electron chi connectivity index (χ1n) is 9.98. The molecule has 3 aromatic rings. The van der Waals surface area contributed by atoms with E-state index in [4.69, 9.17) is 14.5 Å². The fourth-order valence-corrected chi connectivity index (χ4v) is 4.20. The third-order valence-corrected chi connectivity index (χ3v) is 6.05. The van der Waals surface area contributed by atoms with Crippen LogP contribution >= 0.6 is 11.3 Å². The Balaban J connectivity index is 1.24. The molecular formula is C23H25N3O3S. The van der Waals surface area contributed by atoms with Gasteiger partial charge in [0.1, 0.15) is 16.5 Å². The molecule has 1 aliphatic rings. The number of benzene rings is 2. The molecule has 2 aromatic carbocycles. The summed E-state index contributed by atoms with van der Waals surface area (Å²) in [6.45, 7) is 3.99. The van der Waals surface area contributed by atoms with Crippen molar-refractivity contribution < 1.29 is 14.3 Å². The lowest BCUT2D eigenvalue weighted by atomic mass is 10.2. The molecule has 1 aromatic heterocycles. The van der Waals surface area contributed by atoms with Gasteiger partial charge in [-0.05, 0) is 36.4 Å². The second-order valence-electron chi connectivity index (χ2n) is 7.13. The van der Waals surface area contributed by atoms with E-state index in [1.54, 1.807) is 18.4 Å². The summed E-state index contributed by atoms with van der Waals surface area (Å²) >= 11 is 1.65. The third-order valence-electron chi connectivity index (χ3n) is 5.10. The Morgan fingerprint density at radius 2 is 1.73 bits per heavy atom.